The van der Waals surface area contributed by atoms with E-state index < -0.39 is 44.5 Å². The summed E-state index contributed by atoms with van der Waals surface area (Å²) in [5.74, 6) is -0.653. The van der Waals surface area contributed by atoms with Crippen LogP contribution in [-0.2, 0) is 55.1 Å². The van der Waals surface area contributed by atoms with Crippen LogP contribution in [-0.4, -0.2) is 61.6 Å². The Balaban J connectivity index is 1.84. The molecule has 0 radical (unpaired) electrons. The molecule has 1 fully saturated rings. The maximum absolute atomic E-state index is 13.7. The predicted molar refractivity (Wildman–Crippen MR) is 152 cm³/mol. The van der Waals surface area contributed by atoms with Crippen molar-refractivity contribution >= 4 is 13.8 Å². The second kappa shape index (κ2) is 17.7. The van der Waals surface area contributed by atoms with Crippen LogP contribution in [0.15, 0.2) is 60.7 Å². The molecular weight excluding hydrogens is 551 g/mol. The number of unbranched alkanes of at least 4 members (excludes halogenated alkanes) is 2. The first-order valence-corrected chi connectivity index (χ1v) is 15.7. The standard InChI is InChI=1S/C30H43O10P/c1-4-6-18-36-41(33,37-19-7-5-2)40-30-29(38-23(3)31)28(35-21-25-16-12-9-13-17-25)27(32)26(39-30)22-34-20-24-14-10-8-11-15-24/h8-17,26-30,32H,4-7,18-22H2,1-3H3/t26-,27-,28+,29-,30+/m1/s1. The van der Waals surface area contributed by atoms with Gasteiger partial charge in [0, 0.05) is 6.92 Å². The van der Waals surface area contributed by atoms with E-state index in [9.17, 15) is 14.5 Å². The van der Waals surface area contributed by atoms with Crippen LogP contribution in [0.3, 0.4) is 0 Å². The summed E-state index contributed by atoms with van der Waals surface area (Å²) in [7, 11) is -4.15. The van der Waals surface area contributed by atoms with E-state index in [1.165, 1.54) is 6.92 Å². The van der Waals surface area contributed by atoms with Gasteiger partial charge >= 0.3 is 13.8 Å². The minimum absolute atomic E-state index is 0.0361. The molecule has 0 saturated carbocycles. The average molecular weight is 595 g/mol. The highest BCUT2D eigenvalue weighted by Gasteiger charge is 2.51. The van der Waals surface area contributed by atoms with E-state index in [2.05, 4.69) is 0 Å². The van der Waals surface area contributed by atoms with Gasteiger partial charge in [-0.15, -0.1) is 0 Å². The first kappa shape index (κ1) is 33.4. The monoisotopic (exact) mass is 594 g/mol. The van der Waals surface area contributed by atoms with Gasteiger partial charge in [-0.2, -0.15) is 0 Å². The minimum atomic E-state index is -4.15. The fraction of sp³-hybridized carbons (Fsp3) is 0.567. The second-order valence-corrected chi connectivity index (χ2v) is 11.4. The number of phosphoric ester groups is 1. The molecule has 0 unspecified atom stereocenters. The van der Waals surface area contributed by atoms with E-state index >= 15 is 0 Å². The van der Waals surface area contributed by atoms with Gasteiger partial charge in [0.1, 0.15) is 18.3 Å². The fourth-order valence-corrected chi connectivity index (χ4v) is 5.45. The Hall–Kier alpha value is -2.14. The van der Waals surface area contributed by atoms with Crippen LogP contribution in [0.25, 0.3) is 0 Å². The highest BCUT2D eigenvalue weighted by molar-refractivity contribution is 7.48. The van der Waals surface area contributed by atoms with Crippen molar-refractivity contribution in [3.05, 3.63) is 71.8 Å². The smallest absolute Gasteiger partial charge is 0.454 e. The molecule has 1 saturated heterocycles. The van der Waals surface area contributed by atoms with Crippen molar-refractivity contribution in [3.8, 4) is 0 Å². The van der Waals surface area contributed by atoms with Crippen molar-refractivity contribution in [1.29, 1.82) is 0 Å². The molecule has 1 heterocycles. The molecule has 0 spiro atoms. The Labute approximate surface area is 242 Å². The summed E-state index contributed by atoms with van der Waals surface area (Å²) in [6.45, 7) is 5.82. The van der Waals surface area contributed by atoms with Crippen LogP contribution in [0, 0.1) is 0 Å². The number of aliphatic hydroxyl groups excluding tert-OH is 1. The van der Waals surface area contributed by atoms with Gasteiger partial charge in [0.15, 0.2) is 6.10 Å². The topological polar surface area (TPSA) is 119 Å². The van der Waals surface area contributed by atoms with Crippen molar-refractivity contribution in [3.63, 3.8) is 0 Å². The molecule has 0 aliphatic carbocycles. The van der Waals surface area contributed by atoms with Gasteiger partial charge in [0.2, 0.25) is 6.29 Å². The zero-order chi connectivity index (χ0) is 29.5. The summed E-state index contributed by atoms with van der Waals surface area (Å²) >= 11 is 0. The summed E-state index contributed by atoms with van der Waals surface area (Å²) in [6.07, 6.45) is -3.11. The van der Waals surface area contributed by atoms with Crippen LogP contribution in [0.5, 0.6) is 0 Å². The van der Waals surface area contributed by atoms with E-state index in [-0.39, 0.29) is 33.0 Å². The third-order valence-corrected chi connectivity index (χ3v) is 7.79. The zero-order valence-corrected chi connectivity index (χ0v) is 25.0. The van der Waals surface area contributed by atoms with Crippen LogP contribution in [0.2, 0.25) is 0 Å². The number of ether oxygens (including phenoxy) is 4. The highest BCUT2D eigenvalue weighted by atomic mass is 31.2. The molecule has 1 aliphatic heterocycles. The fourth-order valence-electron chi connectivity index (χ4n) is 4.12. The average Bonchev–Trinajstić information content (AvgIpc) is 2.96. The number of aliphatic hydroxyl groups is 1. The second-order valence-electron chi connectivity index (χ2n) is 9.80. The van der Waals surface area contributed by atoms with Crippen LogP contribution >= 0.6 is 7.82 Å². The number of benzene rings is 2. The van der Waals surface area contributed by atoms with E-state index in [0.29, 0.717) is 12.8 Å². The number of esters is 1. The van der Waals surface area contributed by atoms with Gasteiger partial charge in [-0.1, -0.05) is 87.4 Å². The third-order valence-electron chi connectivity index (χ3n) is 6.33. The zero-order valence-electron chi connectivity index (χ0n) is 24.1. The van der Waals surface area contributed by atoms with Crippen LogP contribution < -0.4 is 0 Å². The SMILES string of the molecule is CCCCOP(=O)(OCCCC)O[C@@H]1O[C@H](COCc2ccccc2)[C@@H](O)[C@H](OCc2ccccc2)[C@H]1OC(C)=O. The normalized spacial score (nSPS) is 22.9. The molecule has 2 aromatic rings. The summed E-state index contributed by atoms with van der Waals surface area (Å²) in [5.41, 5.74) is 1.79. The largest absolute Gasteiger partial charge is 0.477 e. The summed E-state index contributed by atoms with van der Waals surface area (Å²) < 4.78 is 54.4. The van der Waals surface area contributed by atoms with Crippen molar-refractivity contribution in [2.24, 2.45) is 0 Å². The first-order chi connectivity index (χ1) is 19.8. The number of carbonyl (C=O) groups is 1. The molecule has 0 amide bonds. The lowest BCUT2D eigenvalue weighted by molar-refractivity contribution is -0.297. The summed E-state index contributed by atoms with van der Waals surface area (Å²) in [5, 5.41) is 11.3. The third kappa shape index (κ3) is 11.2. The molecule has 1 aliphatic rings. The molecular formula is C30H43O10P. The maximum Gasteiger partial charge on any atom is 0.477 e. The Morgan fingerprint density at radius 1 is 0.878 bits per heavy atom. The van der Waals surface area contributed by atoms with E-state index in [0.717, 1.165) is 24.0 Å². The van der Waals surface area contributed by atoms with Crippen molar-refractivity contribution in [2.75, 3.05) is 19.8 Å². The lowest BCUT2D eigenvalue weighted by atomic mass is 9.98. The predicted octanol–water partition coefficient (Wildman–Crippen LogP) is 5.56. The van der Waals surface area contributed by atoms with E-state index in [4.69, 9.17) is 32.5 Å². The number of carbonyl (C=O) groups excluding carboxylic acids is 1. The van der Waals surface area contributed by atoms with E-state index in [1.54, 1.807) is 0 Å². The Kier molecular flexibility index (Phi) is 14.4. The van der Waals surface area contributed by atoms with Crippen molar-refractivity contribution in [2.45, 2.75) is 90.4 Å². The van der Waals surface area contributed by atoms with Crippen LogP contribution in [0.1, 0.15) is 57.6 Å². The van der Waals surface area contributed by atoms with Gasteiger partial charge in [-0.05, 0) is 24.0 Å². The van der Waals surface area contributed by atoms with Gasteiger partial charge in [0.25, 0.3) is 0 Å². The van der Waals surface area contributed by atoms with Crippen molar-refractivity contribution < 1.29 is 47.0 Å². The quantitative estimate of drug-likeness (QED) is 0.133. The van der Waals surface area contributed by atoms with Crippen molar-refractivity contribution in [1.82, 2.24) is 0 Å². The summed E-state index contributed by atoms with van der Waals surface area (Å²) in [6, 6.07) is 18.9. The highest BCUT2D eigenvalue weighted by Crippen LogP contribution is 2.52. The van der Waals surface area contributed by atoms with E-state index in [1.807, 2.05) is 74.5 Å². The molecule has 41 heavy (non-hydrogen) atoms. The van der Waals surface area contributed by atoms with Gasteiger partial charge in [0.05, 0.1) is 33.0 Å². The molecule has 228 valence electrons. The Morgan fingerprint density at radius 2 is 1.44 bits per heavy atom. The van der Waals surface area contributed by atoms with Gasteiger partial charge in [-0.25, -0.2) is 4.57 Å². The lowest BCUT2D eigenvalue weighted by Crippen LogP contribution is -2.61. The maximum atomic E-state index is 13.7. The molecule has 0 aromatic heterocycles. The molecule has 1 N–H and O–H groups in total. The lowest BCUT2D eigenvalue weighted by Gasteiger charge is -2.43. The molecule has 11 heteroatoms. The Morgan fingerprint density at radius 3 is 1.98 bits per heavy atom. The Bertz CT molecular complexity index is 1040. The number of hydrogen-bond donors (Lipinski definition) is 1. The minimum Gasteiger partial charge on any atom is -0.454 e. The van der Waals surface area contributed by atoms with Gasteiger partial charge in [-0.3, -0.25) is 18.4 Å². The molecule has 10 nitrogen and oxygen atoms in total. The first-order valence-electron chi connectivity index (χ1n) is 14.2. The number of phosphoric acid groups is 1. The molecule has 5 atom stereocenters. The molecule has 3 rings (SSSR count). The van der Waals surface area contributed by atoms with Gasteiger partial charge < -0.3 is 24.1 Å². The number of hydrogen-bond acceptors (Lipinski definition) is 10. The summed E-state index contributed by atoms with van der Waals surface area (Å²) in [4.78, 5) is 12.2. The van der Waals surface area contributed by atoms with Crippen LogP contribution in [0.4, 0.5) is 0 Å². The number of rotatable bonds is 18. The molecule has 2 aromatic carbocycles. The molecule has 0 bridgehead atoms.